The summed E-state index contributed by atoms with van der Waals surface area (Å²) >= 11 is 0. The number of nitrogens with zero attached hydrogens (tertiary/aromatic N) is 3. The summed E-state index contributed by atoms with van der Waals surface area (Å²) in [6.07, 6.45) is 1.23. The van der Waals surface area contributed by atoms with E-state index in [-0.39, 0.29) is 54.7 Å². The highest BCUT2D eigenvalue weighted by Gasteiger charge is 2.20. The number of carbonyl (C=O) groups excluding carboxylic acids is 1. The molecule has 192 valence electrons. The lowest BCUT2D eigenvalue weighted by molar-refractivity contribution is -0.384. The van der Waals surface area contributed by atoms with Crippen LogP contribution in [0.15, 0.2) is 53.4 Å². The van der Waals surface area contributed by atoms with Gasteiger partial charge in [0.1, 0.15) is 12.4 Å². The number of nitrogens with one attached hydrogen (secondary N) is 1. The molecule has 0 atom stereocenters. The van der Waals surface area contributed by atoms with E-state index in [4.69, 9.17) is 4.74 Å². The number of hydrogen-bond donors (Lipinski definition) is 1. The molecule has 0 aliphatic rings. The average molecular weight is 529 g/mol. The second-order valence-electron chi connectivity index (χ2n) is 7.67. The van der Waals surface area contributed by atoms with Gasteiger partial charge in [0.15, 0.2) is 0 Å². The summed E-state index contributed by atoms with van der Waals surface area (Å²) in [5, 5.41) is 13.6. The third kappa shape index (κ3) is 8.19. The smallest absolute Gasteiger partial charge is 0.271 e. The van der Waals surface area contributed by atoms with Crippen LogP contribution >= 0.6 is 0 Å². The zero-order valence-corrected chi connectivity index (χ0v) is 21.2. The van der Waals surface area contributed by atoms with Crippen LogP contribution in [0.1, 0.15) is 12.8 Å². The third-order valence-corrected chi connectivity index (χ3v) is 7.81. The van der Waals surface area contributed by atoms with Crippen molar-refractivity contribution in [3.05, 3.63) is 58.6 Å². The minimum Gasteiger partial charge on any atom is -0.492 e. The minimum atomic E-state index is -3.71. The molecule has 0 aromatic heterocycles. The van der Waals surface area contributed by atoms with Gasteiger partial charge < -0.3 is 10.1 Å². The first-order chi connectivity index (χ1) is 16.3. The lowest BCUT2D eigenvalue weighted by atomic mass is 10.2. The fraction of sp³-hybridized carbons (Fsp3) is 0.381. The number of amides is 1. The molecule has 0 aliphatic heterocycles. The quantitative estimate of drug-likeness (QED) is 0.233. The summed E-state index contributed by atoms with van der Waals surface area (Å²) in [5.41, 5.74) is -0.0808. The van der Waals surface area contributed by atoms with E-state index < -0.39 is 25.0 Å². The molecular weight excluding hydrogens is 500 g/mol. The Morgan fingerprint density at radius 1 is 1.09 bits per heavy atom. The normalized spacial score (nSPS) is 11.8. The standard InChI is InChI=1S/C21H28N4O8S2/c1-23(2)35(31,32)20-11-9-19(10-12-20)33-15-13-22-21(26)8-5-14-24(34(3,29)30)17-6-4-7-18(16-17)25(27)28/h4,6-7,9-12,16H,5,8,13-15H2,1-3H3,(H,22,26). The van der Waals surface area contributed by atoms with Crippen LogP contribution in [0.3, 0.4) is 0 Å². The molecule has 2 aromatic carbocycles. The summed E-state index contributed by atoms with van der Waals surface area (Å²) in [5.74, 6) is 0.131. The molecule has 1 amide bonds. The monoisotopic (exact) mass is 528 g/mol. The fourth-order valence-electron chi connectivity index (χ4n) is 3.00. The molecule has 0 unspecified atom stereocenters. The van der Waals surface area contributed by atoms with Gasteiger partial charge in [0.25, 0.3) is 5.69 Å². The Balaban J connectivity index is 1.80. The molecule has 2 rings (SSSR count). The summed E-state index contributed by atoms with van der Waals surface area (Å²) in [6, 6.07) is 11.2. The van der Waals surface area contributed by atoms with Gasteiger partial charge in [-0.1, -0.05) is 6.07 Å². The van der Waals surface area contributed by atoms with E-state index in [1.807, 2.05) is 0 Å². The van der Waals surface area contributed by atoms with Crippen LogP contribution in [0.5, 0.6) is 5.75 Å². The molecule has 1 N–H and O–H groups in total. The zero-order chi connectivity index (χ0) is 26.2. The summed E-state index contributed by atoms with van der Waals surface area (Å²) < 4.78 is 56.0. The van der Waals surface area contributed by atoms with Crippen LogP contribution < -0.4 is 14.4 Å². The van der Waals surface area contributed by atoms with Crippen molar-refractivity contribution in [3.63, 3.8) is 0 Å². The first kappa shape index (κ1) is 28.0. The third-order valence-electron chi connectivity index (χ3n) is 4.79. The first-order valence-electron chi connectivity index (χ1n) is 10.5. The number of sulfonamides is 2. The van der Waals surface area contributed by atoms with E-state index in [1.54, 1.807) is 0 Å². The van der Waals surface area contributed by atoms with Crippen LogP contribution in [-0.4, -0.2) is 72.0 Å². The zero-order valence-electron chi connectivity index (χ0n) is 19.6. The number of nitro groups is 1. The molecule has 0 saturated carbocycles. The van der Waals surface area contributed by atoms with Gasteiger partial charge in [0.05, 0.1) is 28.3 Å². The second-order valence-corrected chi connectivity index (χ2v) is 11.7. The molecule has 0 heterocycles. The maximum Gasteiger partial charge on any atom is 0.271 e. The van der Waals surface area contributed by atoms with E-state index in [0.29, 0.717) is 5.75 Å². The molecule has 12 nitrogen and oxygen atoms in total. The Hall–Kier alpha value is -3.23. The van der Waals surface area contributed by atoms with Crippen molar-refractivity contribution in [1.29, 1.82) is 0 Å². The van der Waals surface area contributed by atoms with Crippen LogP contribution in [0, 0.1) is 10.1 Å². The largest absolute Gasteiger partial charge is 0.492 e. The maximum absolute atomic E-state index is 12.1. The minimum absolute atomic E-state index is 0.0217. The number of hydrogen-bond acceptors (Lipinski definition) is 8. The molecule has 35 heavy (non-hydrogen) atoms. The van der Waals surface area contributed by atoms with E-state index >= 15 is 0 Å². The van der Waals surface area contributed by atoms with Crippen molar-refractivity contribution in [2.75, 3.05) is 44.4 Å². The van der Waals surface area contributed by atoms with Crippen LogP contribution in [-0.2, 0) is 24.8 Å². The number of ether oxygens (including phenoxy) is 1. The summed E-state index contributed by atoms with van der Waals surface area (Å²) in [7, 11) is -4.36. The highest BCUT2D eigenvalue weighted by molar-refractivity contribution is 7.92. The van der Waals surface area contributed by atoms with Crippen LogP contribution in [0.2, 0.25) is 0 Å². The van der Waals surface area contributed by atoms with Crippen molar-refractivity contribution in [2.24, 2.45) is 0 Å². The Labute approximate surface area is 204 Å². The molecule has 2 aromatic rings. The molecule has 0 saturated heterocycles. The van der Waals surface area contributed by atoms with E-state index in [9.17, 15) is 31.7 Å². The SMILES string of the molecule is CN(C)S(=O)(=O)c1ccc(OCCNC(=O)CCCN(c2cccc([N+](=O)[O-])c2)S(C)(=O)=O)cc1. The predicted molar refractivity (Wildman–Crippen MR) is 130 cm³/mol. The summed E-state index contributed by atoms with van der Waals surface area (Å²) in [6.45, 7) is 0.318. The lowest BCUT2D eigenvalue weighted by Gasteiger charge is -2.22. The van der Waals surface area contributed by atoms with Crippen LogP contribution in [0.4, 0.5) is 11.4 Å². The Morgan fingerprint density at radius 3 is 2.31 bits per heavy atom. The average Bonchev–Trinajstić information content (AvgIpc) is 2.79. The Kier molecular flexibility index (Phi) is 9.56. The summed E-state index contributed by atoms with van der Waals surface area (Å²) in [4.78, 5) is 22.6. The van der Waals surface area contributed by atoms with Gasteiger partial charge in [-0.25, -0.2) is 21.1 Å². The molecule has 0 bridgehead atoms. The van der Waals surface area contributed by atoms with Gasteiger partial charge in [-0.3, -0.25) is 19.2 Å². The number of rotatable bonds is 13. The first-order valence-corrected chi connectivity index (χ1v) is 13.8. The van der Waals surface area contributed by atoms with Gasteiger partial charge in [0, 0.05) is 39.2 Å². The Bertz CT molecular complexity index is 1250. The molecule has 0 spiro atoms. The van der Waals surface area contributed by atoms with Gasteiger partial charge in [0.2, 0.25) is 26.0 Å². The number of non-ortho nitro benzene ring substituents is 1. The Morgan fingerprint density at radius 2 is 1.74 bits per heavy atom. The van der Waals surface area contributed by atoms with Crippen molar-refractivity contribution < 1.29 is 31.3 Å². The topological polar surface area (TPSA) is 156 Å². The molecule has 0 fully saturated rings. The van der Waals surface area contributed by atoms with Gasteiger partial charge >= 0.3 is 0 Å². The fourth-order valence-corrected chi connectivity index (χ4v) is 4.86. The highest BCUT2D eigenvalue weighted by atomic mass is 32.2. The maximum atomic E-state index is 12.1. The van der Waals surface area contributed by atoms with Crippen molar-refractivity contribution in [3.8, 4) is 5.75 Å². The molecule has 0 aliphatic carbocycles. The van der Waals surface area contributed by atoms with Gasteiger partial charge in [-0.2, -0.15) is 0 Å². The van der Waals surface area contributed by atoms with Crippen molar-refractivity contribution >= 4 is 37.3 Å². The van der Waals surface area contributed by atoms with Crippen molar-refractivity contribution in [1.82, 2.24) is 9.62 Å². The van der Waals surface area contributed by atoms with Gasteiger partial charge in [-0.05, 0) is 36.8 Å². The molecule has 14 heteroatoms. The number of carbonyl (C=O) groups is 1. The van der Waals surface area contributed by atoms with Crippen LogP contribution in [0.25, 0.3) is 0 Å². The number of nitro benzene ring substituents is 1. The van der Waals surface area contributed by atoms with Gasteiger partial charge in [-0.15, -0.1) is 0 Å². The molecule has 0 radical (unpaired) electrons. The number of benzene rings is 2. The van der Waals surface area contributed by atoms with E-state index in [0.717, 1.165) is 14.9 Å². The lowest BCUT2D eigenvalue weighted by Crippen LogP contribution is -2.33. The highest BCUT2D eigenvalue weighted by Crippen LogP contribution is 2.23. The predicted octanol–water partition coefficient (Wildman–Crippen LogP) is 1.59. The van der Waals surface area contributed by atoms with E-state index in [1.165, 1.54) is 62.6 Å². The second kappa shape index (κ2) is 12.0. The van der Waals surface area contributed by atoms with Crippen molar-refractivity contribution in [2.45, 2.75) is 17.7 Å². The van der Waals surface area contributed by atoms with E-state index in [2.05, 4.69) is 5.32 Å². The number of anilines is 1. The molecular formula is C21H28N4O8S2.